The van der Waals surface area contributed by atoms with E-state index in [1.54, 1.807) is 0 Å². The van der Waals surface area contributed by atoms with Crippen molar-refractivity contribution >= 4 is 17.5 Å². The van der Waals surface area contributed by atoms with Gasteiger partial charge in [0.2, 0.25) is 0 Å². The van der Waals surface area contributed by atoms with Crippen molar-refractivity contribution in [3.05, 3.63) is 29.3 Å². The summed E-state index contributed by atoms with van der Waals surface area (Å²) in [6, 6.07) is 5.84. The third kappa shape index (κ3) is 3.56. The van der Waals surface area contributed by atoms with Crippen LogP contribution in [0.2, 0.25) is 0 Å². The van der Waals surface area contributed by atoms with Gasteiger partial charge in [-0.25, -0.2) is 0 Å². The van der Waals surface area contributed by atoms with Gasteiger partial charge >= 0.3 is 11.8 Å². The van der Waals surface area contributed by atoms with E-state index in [4.69, 9.17) is 0 Å². The lowest BCUT2D eigenvalue weighted by Crippen LogP contribution is -2.39. The van der Waals surface area contributed by atoms with Crippen LogP contribution in [-0.4, -0.2) is 29.8 Å². The summed E-state index contributed by atoms with van der Waals surface area (Å²) in [4.78, 5) is 25.4. The highest BCUT2D eigenvalue weighted by atomic mass is 16.2. The molecule has 0 unspecified atom stereocenters. The van der Waals surface area contributed by atoms with E-state index in [0.29, 0.717) is 13.1 Å². The molecule has 0 fully saturated rings. The van der Waals surface area contributed by atoms with Crippen molar-refractivity contribution in [3.63, 3.8) is 0 Å². The van der Waals surface area contributed by atoms with Crippen molar-refractivity contribution in [2.75, 3.05) is 18.4 Å². The molecule has 0 bridgehead atoms. The van der Waals surface area contributed by atoms with Gasteiger partial charge < -0.3 is 10.2 Å². The van der Waals surface area contributed by atoms with Crippen LogP contribution >= 0.6 is 0 Å². The highest BCUT2D eigenvalue weighted by Gasteiger charge is 2.20. The number of anilines is 1. The molecule has 19 heavy (non-hydrogen) atoms. The van der Waals surface area contributed by atoms with Gasteiger partial charge in [-0.1, -0.05) is 25.1 Å². The zero-order chi connectivity index (χ0) is 14.4. The van der Waals surface area contributed by atoms with Crippen LogP contribution in [0.1, 0.15) is 31.9 Å². The fraction of sp³-hybridized carbons (Fsp3) is 0.467. The van der Waals surface area contributed by atoms with Crippen LogP contribution in [0.3, 0.4) is 0 Å². The van der Waals surface area contributed by atoms with Crippen LogP contribution < -0.4 is 5.32 Å². The first-order valence-electron chi connectivity index (χ1n) is 6.73. The third-order valence-electron chi connectivity index (χ3n) is 3.22. The Morgan fingerprint density at radius 3 is 2.32 bits per heavy atom. The lowest BCUT2D eigenvalue weighted by Gasteiger charge is -2.19. The van der Waals surface area contributed by atoms with Crippen molar-refractivity contribution in [1.82, 2.24) is 4.90 Å². The molecular weight excluding hydrogens is 240 g/mol. The Hall–Kier alpha value is -1.84. The van der Waals surface area contributed by atoms with Gasteiger partial charge in [0.25, 0.3) is 0 Å². The maximum absolute atomic E-state index is 12.0. The summed E-state index contributed by atoms with van der Waals surface area (Å²) in [5.74, 6) is -1.04. The number of likely N-dealkylation sites (N-methyl/N-ethyl adjacent to an activating group) is 1. The van der Waals surface area contributed by atoms with Crippen molar-refractivity contribution in [2.45, 2.75) is 34.1 Å². The van der Waals surface area contributed by atoms with Crippen LogP contribution in [-0.2, 0) is 16.0 Å². The number of aryl methyl sites for hydroxylation is 2. The average Bonchev–Trinajstić information content (AvgIpc) is 2.42. The number of carbonyl (C=O) groups excluding carboxylic acids is 2. The molecule has 0 aliphatic rings. The fourth-order valence-corrected chi connectivity index (χ4v) is 2.02. The van der Waals surface area contributed by atoms with Crippen LogP contribution in [0.15, 0.2) is 18.2 Å². The first-order chi connectivity index (χ1) is 9.04. The molecule has 0 saturated heterocycles. The number of hydrogen-bond donors (Lipinski definition) is 1. The van der Waals surface area contributed by atoms with Gasteiger partial charge in [0.1, 0.15) is 0 Å². The van der Waals surface area contributed by atoms with Gasteiger partial charge in [-0.15, -0.1) is 0 Å². The Balaban J connectivity index is 2.91. The zero-order valence-electron chi connectivity index (χ0n) is 12.1. The average molecular weight is 262 g/mol. The molecule has 0 saturated carbocycles. The quantitative estimate of drug-likeness (QED) is 0.847. The number of amides is 2. The Kier molecular flexibility index (Phi) is 5.55. The SMILES string of the molecule is CCc1cccc(C)c1NC(=O)C(=O)N(CC)CC. The third-order valence-corrected chi connectivity index (χ3v) is 3.22. The van der Waals surface area contributed by atoms with Gasteiger partial charge in [0, 0.05) is 18.8 Å². The number of carbonyl (C=O) groups is 2. The van der Waals surface area contributed by atoms with Crippen LogP contribution in [0, 0.1) is 6.92 Å². The van der Waals surface area contributed by atoms with E-state index >= 15 is 0 Å². The van der Waals surface area contributed by atoms with Gasteiger partial charge in [-0.3, -0.25) is 9.59 Å². The molecule has 1 rings (SSSR count). The smallest absolute Gasteiger partial charge is 0.313 e. The highest BCUT2D eigenvalue weighted by molar-refractivity contribution is 6.39. The van der Waals surface area contributed by atoms with Crippen LogP contribution in [0.4, 0.5) is 5.69 Å². The Bertz CT molecular complexity index is 465. The van der Waals surface area contributed by atoms with Gasteiger partial charge in [0.15, 0.2) is 0 Å². The second-order valence-electron chi connectivity index (χ2n) is 4.39. The van der Waals surface area contributed by atoms with E-state index in [-0.39, 0.29) is 0 Å². The molecule has 0 aliphatic carbocycles. The summed E-state index contributed by atoms with van der Waals surface area (Å²) >= 11 is 0. The van der Waals surface area contributed by atoms with Crippen LogP contribution in [0.5, 0.6) is 0 Å². The Morgan fingerprint density at radius 1 is 1.16 bits per heavy atom. The fourth-order valence-electron chi connectivity index (χ4n) is 2.02. The van der Waals surface area contributed by atoms with Gasteiger partial charge in [-0.2, -0.15) is 0 Å². The minimum Gasteiger partial charge on any atom is -0.335 e. The summed E-state index contributed by atoms with van der Waals surface area (Å²) < 4.78 is 0. The first-order valence-corrected chi connectivity index (χ1v) is 6.73. The number of benzene rings is 1. The molecule has 1 N–H and O–H groups in total. The number of para-hydroxylation sites is 1. The second kappa shape index (κ2) is 6.92. The summed E-state index contributed by atoms with van der Waals surface area (Å²) in [5.41, 5.74) is 2.77. The van der Waals surface area contributed by atoms with Crippen molar-refractivity contribution in [2.24, 2.45) is 0 Å². The summed E-state index contributed by atoms with van der Waals surface area (Å²) in [5, 5.41) is 2.75. The minimum atomic E-state index is -0.562. The maximum Gasteiger partial charge on any atom is 0.313 e. The molecule has 0 aliphatic heterocycles. The molecule has 0 atom stereocenters. The standard InChI is InChI=1S/C15H22N2O2/c1-5-12-10-8-9-11(4)13(12)16-14(18)15(19)17(6-2)7-3/h8-10H,5-7H2,1-4H3,(H,16,18). The predicted octanol–water partition coefficient (Wildman–Crippen LogP) is 2.36. The number of nitrogens with one attached hydrogen (secondary N) is 1. The molecule has 4 nitrogen and oxygen atoms in total. The molecular formula is C15H22N2O2. The monoisotopic (exact) mass is 262 g/mol. The summed E-state index contributed by atoms with van der Waals surface area (Å²) in [6.07, 6.45) is 0.816. The minimum absolute atomic E-state index is 0.477. The topological polar surface area (TPSA) is 49.4 Å². The molecule has 4 heteroatoms. The number of rotatable bonds is 4. The summed E-state index contributed by atoms with van der Waals surface area (Å²) in [6.45, 7) is 8.75. The van der Waals surface area contributed by atoms with Crippen molar-refractivity contribution in [3.8, 4) is 0 Å². The van der Waals surface area contributed by atoms with E-state index in [2.05, 4.69) is 5.32 Å². The lowest BCUT2D eigenvalue weighted by atomic mass is 10.1. The summed E-state index contributed by atoms with van der Waals surface area (Å²) in [7, 11) is 0. The molecule has 2 amide bonds. The zero-order valence-corrected chi connectivity index (χ0v) is 12.1. The first kappa shape index (κ1) is 15.2. The second-order valence-corrected chi connectivity index (χ2v) is 4.39. The molecule has 1 aromatic rings. The van der Waals surface area contributed by atoms with Gasteiger partial charge in [-0.05, 0) is 38.3 Å². The number of nitrogens with zero attached hydrogens (tertiary/aromatic N) is 1. The normalized spacial score (nSPS) is 10.1. The molecule has 1 aromatic carbocycles. The molecule has 104 valence electrons. The molecule has 0 aromatic heterocycles. The largest absolute Gasteiger partial charge is 0.335 e. The molecule has 0 radical (unpaired) electrons. The highest BCUT2D eigenvalue weighted by Crippen LogP contribution is 2.21. The maximum atomic E-state index is 12.0. The molecule has 0 spiro atoms. The lowest BCUT2D eigenvalue weighted by molar-refractivity contribution is -0.142. The van der Waals surface area contributed by atoms with E-state index in [9.17, 15) is 9.59 Å². The van der Waals surface area contributed by atoms with Crippen molar-refractivity contribution < 1.29 is 9.59 Å². The van der Waals surface area contributed by atoms with E-state index in [1.165, 1.54) is 4.90 Å². The Labute approximate surface area is 114 Å². The van der Waals surface area contributed by atoms with E-state index in [0.717, 1.165) is 23.2 Å². The number of hydrogen-bond acceptors (Lipinski definition) is 2. The van der Waals surface area contributed by atoms with E-state index < -0.39 is 11.8 Å². The van der Waals surface area contributed by atoms with Gasteiger partial charge in [0.05, 0.1) is 0 Å². The van der Waals surface area contributed by atoms with Crippen LogP contribution in [0.25, 0.3) is 0 Å². The van der Waals surface area contributed by atoms with E-state index in [1.807, 2.05) is 45.9 Å². The molecule has 0 heterocycles. The van der Waals surface area contributed by atoms with Crippen molar-refractivity contribution in [1.29, 1.82) is 0 Å². The Morgan fingerprint density at radius 2 is 1.79 bits per heavy atom. The predicted molar refractivity (Wildman–Crippen MR) is 77.1 cm³/mol.